The van der Waals surface area contributed by atoms with Crippen molar-refractivity contribution in [3.63, 3.8) is 0 Å². The molecule has 2 aromatic carbocycles. The molecule has 0 atom stereocenters. The van der Waals surface area contributed by atoms with E-state index in [-0.39, 0.29) is 18.2 Å². The molecule has 0 bridgehead atoms. The molecule has 0 aromatic heterocycles. The van der Waals surface area contributed by atoms with Gasteiger partial charge in [-0.05, 0) is 17.7 Å². The number of hydrogen-bond acceptors (Lipinski definition) is 3. The number of phenols is 1. The first kappa shape index (κ1) is 14.9. The molecule has 19 heavy (non-hydrogen) atoms. The zero-order valence-corrected chi connectivity index (χ0v) is 11.0. The fourth-order valence-electron chi connectivity index (χ4n) is 1.68. The van der Waals surface area contributed by atoms with E-state index in [0.29, 0.717) is 17.9 Å². The Hall–Kier alpha value is -2.20. The second-order valence-electron chi connectivity index (χ2n) is 3.96. The van der Waals surface area contributed by atoms with Crippen molar-refractivity contribution >= 4 is 30.2 Å². The Morgan fingerprint density at radius 2 is 1.84 bits per heavy atom. The first-order valence-electron chi connectivity index (χ1n) is 5.55. The van der Waals surface area contributed by atoms with Crippen LogP contribution < -0.4 is 10.6 Å². The van der Waals surface area contributed by atoms with Crippen molar-refractivity contribution in [1.82, 2.24) is 0 Å². The Labute approximate surface area is 117 Å². The van der Waals surface area contributed by atoms with Crippen molar-refractivity contribution in [3.05, 3.63) is 54.1 Å². The highest BCUT2D eigenvalue weighted by Crippen LogP contribution is 2.26. The van der Waals surface area contributed by atoms with E-state index in [4.69, 9.17) is 5.73 Å². The van der Waals surface area contributed by atoms with Crippen molar-refractivity contribution in [2.24, 2.45) is 0 Å². The van der Waals surface area contributed by atoms with Crippen molar-refractivity contribution in [2.75, 3.05) is 10.6 Å². The Kier molecular flexibility index (Phi) is 5.21. The second kappa shape index (κ2) is 6.66. The maximum atomic E-state index is 11.1. The van der Waals surface area contributed by atoms with Gasteiger partial charge < -0.3 is 15.7 Å². The van der Waals surface area contributed by atoms with Crippen LogP contribution in [-0.2, 0) is 11.3 Å². The van der Waals surface area contributed by atoms with Crippen molar-refractivity contribution in [1.29, 1.82) is 0 Å². The lowest BCUT2D eigenvalue weighted by molar-refractivity contribution is -0.107. The van der Waals surface area contributed by atoms with Crippen LogP contribution in [0.5, 0.6) is 5.75 Å². The predicted molar refractivity (Wildman–Crippen MR) is 78.5 cm³/mol. The monoisotopic (exact) mass is 278 g/mol. The first-order valence-corrected chi connectivity index (χ1v) is 5.55. The van der Waals surface area contributed by atoms with Crippen LogP contribution in [-0.4, -0.2) is 11.5 Å². The Balaban J connectivity index is 0.00000180. The molecule has 100 valence electrons. The Morgan fingerprint density at radius 1 is 1.16 bits per heavy atom. The van der Waals surface area contributed by atoms with Gasteiger partial charge in [0.1, 0.15) is 5.75 Å². The molecule has 0 saturated heterocycles. The minimum absolute atomic E-state index is 0. The quantitative estimate of drug-likeness (QED) is 0.513. The van der Waals surface area contributed by atoms with Crippen LogP contribution in [0.3, 0.4) is 0 Å². The number of amides is 1. The molecule has 0 heterocycles. The predicted octanol–water partition coefficient (Wildman–Crippen LogP) is 2.56. The summed E-state index contributed by atoms with van der Waals surface area (Å²) in [7, 11) is 0. The zero-order valence-electron chi connectivity index (χ0n) is 10.2. The molecule has 0 spiro atoms. The van der Waals surface area contributed by atoms with E-state index in [9.17, 15) is 9.90 Å². The number of rotatable bonds is 4. The van der Waals surface area contributed by atoms with Crippen LogP contribution in [0.25, 0.3) is 0 Å². The van der Waals surface area contributed by atoms with Gasteiger partial charge in [-0.2, -0.15) is 0 Å². The maximum Gasteiger partial charge on any atom is 0.214 e. The number of nitrogens with zero attached hydrogens (tertiary/aromatic N) is 1. The SMILES string of the molecule is Cl.Nc1ccc(N(C=O)Cc2ccccc2)cc1O. The lowest BCUT2D eigenvalue weighted by atomic mass is 10.2. The third-order valence-electron chi connectivity index (χ3n) is 2.67. The van der Waals surface area contributed by atoms with Crippen molar-refractivity contribution in [2.45, 2.75) is 6.54 Å². The highest BCUT2D eigenvalue weighted by molar-refractivity contribution is 5.85. The Morgan fingerprint density at radius 3 is 2.42 bits per heavy atom. The maximum absolute atomic E-state index is 11.1. The average molecular weight is 279 g/mol. The summed E-state index contributed by atoms with van der Waals surface area (Å²) in [4.78, 5) is 12.6. The van der Waals surface area contributed by atoms with Gasteiger partial charge in [0.05, 0.1) is 12.2 Å². The summed E-state index contributed by atoms with van der Waals surface area (Å²) >= 11 is 0. The summed E-state index contributed by atoms with van der Waals surface area (Å²) < 4.78 is 0. The molecule has 0 radical (unpaired) electrons. The number of halogens is 1. The van der Waals surface area contributed by atoms with Gasteiger partial charge in [0.25, 0.3) is 0 Å². The molecule has 3 N–H and O–H groups in total. The molecule has 5 heteroatoms. The largest absolute Gasteiger partial charge is 0.506 e. The molecular weight excluding hydrogens is 264 g/mol. The number of nitrogen functional groups attached to an aromatic ring is 1. The van der Waals surface area contributed by atoms with Crippen LogP contribution in [0.1, 0.15) is 5.56 Å². The minimum Gasteiger partial charge on any atom is -0.506 e. The summed E-state index contributed by atoms with van der Waals surface area (Å²) in [5, 5.41) is 9.54. The van der Waals surface area contributed by atoms with Crippen LogP contribution in [0, 0.1) is 0 Å². The molecule has 2 rings (SSSR count). The third kappa shape index (κ3) is 3.63. The summed E-state index contributed by atoms with van der Waals surface area (Å²) in [5.74, 6) is -0.0209. The average Bonchev–Trinajstić information content (AvgIpc) is 2.40. The van der Waals surface area contributed by atoms with E-state index in [0.717, 1.165) is 12.0 Å². The minimum atomic E-state index is -0.0209. The zero-order chi connectivity index (χ0) is 13.0. The first-order chi connectivity index (χ1) is 8.70. The van der Waals surface area contributed by atoms with E-state index >= 15 is 0 Å². The van der Waals surface area contributed by atoms with Crippen LogP contribution in [0.15, 0.2) is 48.5 Å². The molecule has 0 fully saturated rings. The second-order valence-corrected chi connectivity index (χ2v) is 3.96. The van der Waals surface area contributed by atoms with Gasteiger partial charge in [-0.25, -0.2) is 0 Å². The number of hydrogen-bond donors (Lipinski definition) is 2. The van der Waals surface area contributed by atoms with Crippen molar-refractivity contribution in [3.8, 4) is 5.75 Å². The van der Waals surface area contributed by atoms with Crippen molar-refractivity contribution < 1.29 is 9.90 Å². The smallest absolute Gasteiger partial charge is 0.214 e. The van der Waals surface area contributed by atoms with E-state index in [1.807, 2.05) is 30.3 Å². The van der Waals surface area contributed by atoms with Crippen LogP contribution in [0.4, 0.5) is 11.4 Å². The lowest BCUT2D eigenvalue weighted by Crippen LogP contribution is -2.20. The lowest BCUT2D eigenvalue weighted by Gasteiger charge is -2.18. The molecular formula is C14H15ClN2O2. The highest BCUT2D eigenvalue weighted by atomic mass is 35.5. The standard InChI is InChI=1S/C14H14N2O2.ClH/c15-13-7-6-12(8-14(13)18)16(10-17)9-11-4-2-1-3-5-11;/h1-8,10,18H,9,15H2;1H. The molecule has 0 aliphatic heterocycles. The number of anilines is 2. The number of phenolic OH excluding ortho intramolecular Hbond substituents is 1. The molecule has 1 amide bonds. The molecule has 0 aliphatic carbocycles. The van der Waals surface area contributed by atoms with Gasteiger partial charge >= 0.3 is 0 Å². The van der Waals surface area contributed by atoms with E-state index in [1.165, 1.54) is 11.0 Å². The van der Waals surface area contributed by atoms with Gasteiger partial charge in [-0.3, -0.25) is 4.79 Å². The summed E-state index contributed by atoms with van der Waals surface area (Å²) in [6.45, 7) is 0.452. The fourth-order valence-corrected chi connectivity index (χ4v) is 1.68. The van der Waals surface area contributed by atoms with Gasteiger partial charge in [-0.1, -0.05) is 30.3 Å². The van der Waals surface area contributed by atoms with Gasteiger partial charge in [0, 0.05) is 11.8 Å². The number of benzene rings is 2. The molecule has 2 aromatic rings. The van der Waals surface area contributed by atoms with Crippen LogP contribution >= 0.6 is 12.4 Å². The van der Waals surface area contributed by atoms with E-state index < -0.39 is 0 Å². The summed E-state index contributed by atoms with van der Waals surface area (Å²) in [5.41, 5.74) is 7.45. The van der Waals surface area contributed by atoms with Gasteiger partial charge in [0.2, 0.25) is 6.41 Å². The Bertz CT molecular complexity index is 546. The molecule has 0 aliphatic rings. The topological polar surface area (TPSA) is 66.6 Å². The third-order valence-corrected chi connectivity index (χ3v) is 2.67. The number of carbonyl (C=O) groups excluding carboxylic acids is 1. The normalized spacial score (nSPS) is 9.47. The molecule has 4 nitrogen and oxygen atoms in total. The van der Waals surface area contributed by atoms with Crippen LogP contribution in [0.2, 0.25) is 0 Å². The number of nitrogens with two attached hydrogens (primary N) is 1. The molecule has 0 saturated carbocycles. The number of carbonyl (C=O) groups is 1. The highest BCUT2D eigenvalue weighted by Gasteiger charge is 2.08. The molecule has 0 unspecified atom stereocenters. The fraction of sp³-hybridized carbons (Fsp3) is 0.0714. The number of aromatic hydroxyl groups is 1. The van der Waals surface area contributed by atoms with Gasteiger partial charge in [-0.15, -0.1) is 12.4 Å². The van der Waals surface area contributed by atoms with E-state index in [1.54, 1.807) is 12.1 Å². The summed E-state index contributed by atoms with van der Waals surface area (Å²) in [6.07, 6.45) is 0.734. The summed E-state index contributed by atoms with van der Waals surface area (Å²) in [6, 6.07) is 14.4. The van der Waals surface area contributed by atoms with E-state index in [2.05, 4.69) is 0 Å². The van der Waals surface area contributed by atoms with Gasteiger partial charge in [0.15, 0.2) is 0 Å².